The molecule has 244 valence electrons. The molecule has 2 aromatic rings. The minimum Gasteiger partial charge on any atom is -0.444 e. The van der Waals surface area contributed by atoms with Gasteiger partial charge in [-0.3, -0.25) is 19.4 Å². The first-order valence-corrected chi connectivity index (χ1v) is 16.2. The maximum absolute atomic E-state index is 15.6. The van der Waals surface area contributed by atoms with Crippen LogP contribution in [0, 0.1) is 17.7 Å². The van der Waals surface area contributed by atoms with Gasteiger partial charge in [0, 0.05) is 43.8 Å². The molecule has 2 heterocycles. The number of hydrogen-bond acceptors (Lipinski definition) is 6. The fourth-order valence-electron chi connectivity index (χ4n) is 7.46. The monoisotopic (exact) mass is 621 g/mol. The molecule has 2 saturated heterocycles. The molecule has 3 N–H and O–H groups in total. The van der Waals surface area contributed by atoms with Crippen molar-refractivity contribution < 1.29 is 23.5 Å². The van der Waals surface area contributed by atoms with Crippen molar-refractivity contribution in [3.63, 3.8) is 0 Å². The molecule has 6 atom stereocenters. The molecule has 2 aromatic carbocycles. The summed E-state index contributed by atoms with van der Waals surface area (Å²) >= 11 is 0. The number of nitrogens with zero attached hydrogens (tertiary/aromatic N) is 3. The van der Waals surface area contributed by atoms with Crippen LogP contribution >= 0.6 is 0 Å². The number of benzene rings is 2. The standard InChI is InChI=1S/C35H48FN5O4/c1-6-23-20-40(21-30(23)39(5)19-22-10-8-7-9-11-22)26-14-12-24(28(36)18-26)17-29(32(37)42)38-33(43)31-25-13-15-27(16-25)41(31)34(44)45-35(2,3)4/h7-12,14,18,23,25,27,29-31H,6,13,15-17,19-21H2,1-5H3,(H2,37,42)(H,38,43)/t23?,25-,27+,29-,30?,31-/m0/s1. The van der Waals surface area contributed by atoms with Crippen LogP contribution in [0.2, 0.25) is 0 Å². The van der Waals surface area contributed by atoms with Crippen LogP contribution in [-0.4, -0.2) is 77.6 Å². The van der Waals surface area contributed by atoms with Crippen molar-refractivity contribution in [3.8, 4) is 0 Å². The quantitative estimate of drug-likeness (QED) is 0.405. The van der Waals surface area contributed by atoms with E-state index in [0.717, 1.165) is 44.6 Å². The third-order valence-electron chi connectivity index (χ3n) is 9.72. The van der Waals surface area contributed by atoms with Crippen molar-refractivity contribution in [3.05, 3.63) is 65.5 Å². The number of likely N-dealkylation sites (N-methyl/N-ethyl adjacent to an activating group) is 1. The summed E-state index contributed by atoms with van der Waals surface area (Å²) in [7, 11) is 2.15. The highest BCUT2D eigenvalue weighted by molar-refractivity contribution is 5.91. The summed E-state index contributed by atoms with van der Waals surface area (Å²) in [6.07, 6.45) is 2.75. The molecule has 45 heavy (non-hydrogen) atoms. The second-order valence-corrected chi connectivity index (χ2v) is 14.0. The van der Waals surface area contributed by atoms with E-state index in [9.17, 15) is 14.4 Å². The van der Waals surface area contributed by atoms with Gasteiger partial charge < -0.3 is 20.7 Å². The van der Waals surface area contributed by atoms with E-state index in [1.165, 1.54) is 16.5 Å². The van der Waals surface area contributed by atoms with Gasteiger partial charge in [0.2, 0.25) is 11.8 Å². The van der Waals surface area contributed by atoms with Crippen molar-refractivity contribution >= 4 is 23.6 Å². The number of nitrogens with two attached hydrogens (primary N) is 1. The number of fused-ring (bicyclic) bond motifs is 2. The summed E-state index contributed by atoms with van der Waals surface area (Å²) in [6.45, 7) is 10.0. The molecule has 0 aromatic heterocycles. The molecular weight excluding hydrogens is 573 g/mol. The summed E-state index contributed by atoms with van der Waals surface area (Å²) in [4.78, 5) is 45.1. The molecule has 3 amide bonds. The van der Waals surface area contributed by atoms with E-state index in [4.69, 9.17) is 10.5 Å². The van der Waals surface area contributed by atoms with E-state index in [2.05, 4.69) is 53.4 Å². The summed E-state index contributed by atoms with van der Waals surface area (Å²) < 4.78 is 21.2. The topological polar surface area (TPSA) is 108 Å². The lowest BCUT2D eigenvalue weighted by Gasteiger charge is -2.36. The number of likely N-dealkylation sites (tertiary alicyclic amines) is 1. The zero-order valence-electron chi connectivity index (χ0n) is 27.2. The Labute approximate surface area is 266 Å². The Morgan fingerprint density at radius 3 is 2.49 bits per heavy atom. The van der Waals surface area contributed by atoms with Crippen LogP contribution < -0.4 is 16.0 Å². The number of piperidine rings is 1. The number of carbonyl (C=O) groups excluding carboxylic acids is 3. The molecule has 5 rings (SSSR count). The van der Waals surface area contributed by atoms with Crippen molar-refractivity contribution in [1.29, 1.82) is 0 Å². The molecule has 9 nitrogen and oxygen atoms in total. The van der Waals surface area contributed by atoms with Gasteiger partial charge in [-0.25, -0.2) is 9.18 Å². The van der Waals surface area contributed by atoms with Gasteiger partial charge >= 0.3 is 6.09 Å². The molecule has 0 radical (unpaired) electrons. The van der Waals surface area contributed by atoms with Gasteiger partial charge in [-0.05, 0) is 82.2 Å². The molecular formula is C35H48FN5O4. The average Bonchev–Trinajstić information content (AvgIpc) is 3.72. The zero-order valence-corrected chi connectivity index (χ0v) is 27.2. The van der Waals surface area contributed by atoms with Crippen LogP contribution in [0.3, 0.4) is 0 Å². The molecule has 2 bridgehead atoms. The van der Waals surface area contributed by atoms with E-state index in [1.807, 2.05) is 12.1 Å². The number of nitrogens with one attached hydrogen (secondary N) is 1. The smallest absolute Gasteiger partial charge is 0.411 e. The normalized spacial score (nSPS) is 25.1. The molecule has 0 spiro atoms. The van der Waals surface area contributed by atoms with Crippen molar-refractivity contribution in [2.45, 2.75) is 96.1 Å². The Bertz CT molecular complexity index is 1380. The SMILES string of the molecule is CCC1CN(c2ccc(C[C@H](NC(=O)[C@@H]3[C@H]4CC[C@H](C4)N3C(=O)OC(C)(C)C)C(N)=O)c(F)c2)CC1N(C)Cc1ccccc1. The van der Waals surface area contributed by atoms with Gasteiger partial charge in [0.1, 0.15) is 23.5 Å². The fourth-order valence-corrected chi connectivity index (χ4v) is 7.46. The second-order valence-electron chi connectivity index (χ2n) is 14.0. The maximum Gasteiger partial charge on any atom is 0.411 e. The van der Waals surface area contributed by atoms with Crippen molar-refractivity contribution in [2.24, 2.45) is 17.6 Å². The lowest BCUT2D eigenvalue weighted by atomic mass is 9.97. The van der Waals surface area contributed by atoms with Gasteiger partial charge in [0.15, 0.2) is 0 Å². The Hall–Kier alpha value is -3.66. The van der Waals surface area contributed by atoms with Crippen LogP contribution in [0.4, 0.5) is 14.9 Å². The minimum absolute atomic E-state index is 0.0185. The highest BCUT2D eigenvalue weighted by Gasteiger charge is 2.52. The largest absolute Gasteiger partial charge is 0.444 e. The van der Waals surface area contributed by atoms with Crippen LogP contribution in [0.1, 0.15) is 64.5 Å². The molecule has 3 aliphatic rings. The second kappa shape index (κ2) is 13.4. The van der Waals surface area contributed by atoms with Crippen LogP contribution in [-0.2, 0) is 27.3 Å². The first-order valence-electron chi connectivity index (χ1n) is 16.2. The van der Waals surface area contributed by atoms with Gasteiger partial charge in [0.05, 0.1) is 0 Å². The van der Waals surface area contributed by atoms with Gasteiger partial charge in [-0.2, -0.15) is 0 Å². The summed E-state index contributed by atoms with van der Waals surface area (Å²) in [5.74, 6) is -1.23. The Morgan fingerprint density at radius 1 is 1.11 bits per heavy atom. The Balaban J connectivity index is 1.24. The predicted octanol–water partition coefficient (Wildman–Crippen LogP) is 4.47. The first kappa shape index (κ1) is 32.7. The van der Waals surface area contributed by atoms with Crippen LogP contribution in [0.15, 0.2) is 48.5 Å². The fraction of sp³-hybridized carbons (Fsp3) is 0.571. The lowest BCUT2D eigenvalue weighted by molar-refractivity contribution is -0.132. The van der Waals surface area contributed by atoms with Gasteiger partial charge in [-0.15, -0.1) is 0 Å². The molecule has 3 fully saturated rings. The molecule has 2 aliphatic heterocycles. The predicted molar refractivity (Wildman–Crippen MR) is 172 cm³/mol. The number of primary amides is 1. The van der Waals surface area contributed by atoms with Gasteiger partial charge in [0.25, 0.3) is 0 Å². The highest BCUT2D eigenvalue weighted by Crippen LogP contribution is 2.43. The van der Waals surface area contributed by atoms with Gasteiger partial charge in [-0.1, -0.05) is 49.7 Å². The maximum atomic E-state index is 15.6. The summed E-state index contributed by atoms with van der Waals surface area (Å²) in [5, 5.41) is 2.74. The number of halogens is 1. The summed E-state index contributed by atoms with van der Waals surface area (Å²) in [6, 6.07) is 13.9. The van der Waals surface area contributed by atoms with Crippen LogP contribution in [0.5, 0.6) is 0 Å². The number of rotatable bonds is 10. The average molecular weight is 622 g/mol. The summed E-state index contributed by atoms with van der Waals surface area (Å²) in [5.41, 5.74) is 7.34. The van der Waals surface area contributed by atoms with Crippen molar-refractivity contribution in [2.75, 3.05) is 25.0 Å². The number of carbonyl (C=O) groups is 3. The molecule has 1 saturated carbocycles. The molecule has 10 heteroatoms. The Morgan fingerprint density at radius 2 is 1.84 bits per heavy atom. The van der Waals surface area contributed by atoms with E-state index in [-0.39, 0.29) is 18.4 Å². The lowest BCUT2D eigenvalue weighted by Crippen LogP contribution is -2.57. The number of anilines is 1. The molecule has 1 aliphatic carbocycles. The first-order chi connectivity index (χ1) is 21.3. The molecule has 2 unspecified atom stereocenters. The van der Waals surface area contributed by atoms with E-state index >= 15 is 4.39 Å². The van der Waals surface area contributed by atoms with E-state index in [0.29, 0.717) is 23.9 Å². The third-order valence-corrected chi connectivity index (χ3v) is 9.72. The highest BCUT2D eigenvalue weighted by atomic mass is 19.1. The van der Waals surface area contributed by atoms with Crippen LogP contribution in [0.25, 0.3) is 0 Å². The zero-order chi connectivity index (χ0) is 32.5. The number of hydrogen-bond donors (Lipinski definition) is 2. The van der Waals surface area contributed by atoms with Crippen molar-refractivity contribution in [1.82, 2.24) is 15.1 Å². The minimum atomic E-state index is -1.12. The number of ether oxygens (including phenoxy) is 1. The Kier molecular flexibility index (Phi) is 9.72. The third kappa shape index (κ3) is 7.43. The number of amides is 3. The van der Waals surface area contributed by atoms with E-state index < -0.39 is 41.4 Å². The van der Waals surface area contributed by atoms with E-state index in [1.54, 1.807) is 26.8 Å².